The normalized spacial score (nSPS) is 12.4. The summed E-state index contributed by atoms with van der Waals surface area (Å²) in [6, 6.07) is 6.63. The molecule has 0 aliphatic carbocycles. The summed E-state index contributed by atoms with van der Waals surface area (Å²) >= 11 is 0. The Bertz CT molecular complexity index is 3540. The molecule has 33 heteroatoms. The third-order valence-corrected chi connectivity index (χ3v) is 15.0. The highest BCUT2D eigenvalue weighted by molar-refractivity contribution is 6.05. The number of para-hydroxylation sites is 4. The number of carboxylic acids is 5. The van der Waals surface area contributed by atoms with E-state index in [1.54, 1.807) is 0 Å². The number of carboxylic acid groups (broad SMARTS) is 5. The van der Waals surface area contributed by atoms with E-state index in [0.717, 1.165) is 31.2 Å². The van der Waals surface area contributed by atoms with E-state index in [-0.39, 0.29) is 145 Å². The number of phenols is 4. The predicted octanol–water partition coefficient (Wildman–Crippen LogP) is 1.66. The molecule has 0 saturated carbocycles. The molecule has 0 aliphatic rings. The van der Waals surface area contributed by atoms with Crippen molar-refractivity contribution < 1.29 is 113 Å². The number of carbonyl (C=O) groups is 14. The number of aromatic carboxylic acids is 4. The van der Waals surface area contributed by atoms with Crippen molar-refractivity contribution in [2.75, 3.05) is 32.7 Å². The fraction of sp³-hybridized carbons (Fsp3) is 0.406. The lowest BCUT2D eigenvalue weighted by Gasteiger charge is -2.27. The SMILES string of the molecule is CC(=O)NC(CCCCNC(=O)c1cccc(C(=O)O)c1O)C(=O)NC(CCCCNC(=O)c1cccc(C(=O)O)c1O)C(=O)NC(CCCCN)C(=O)NC(CCCCNC(=O)c1cccc(C(=O)O)c1O)C(=O)NC(CCCCNC(=O)c1cccc(C(=O)O)c1O)C(=O)O. The minimum Gasteiger partial charge on any atom is -0.506 e. The van der Waals surface area contributed by atoms with E-state index in [1.807, 2.05) is 0 Å². The van der Waals surface area contributed by atoms with Crippen molar-refractivity contribution in [1.29, 1.82) is 0 Å². The van der Waals surface area contributed by atoms with Crippen LogP contribution in [-0.2, 0) is 28.8 Å². The Hall–Kier alpha value is -11.4. The topological polar surface area (TPSA) is 555 Å². The highest BCUT2D eigenvalue weighted by atomic mass is 16.4. The number of amides is 9. The Morgan fingerprint density at radius 1 is 0.320 bits per heavy atom. The van der Waals surface area contributed by atoms with Crippen molar-refractivity contribution in [3.05, 3.63) is 117 Å². The zero-order chi connectivity index (χ0) is 71.9. The second kappa shape index (κ2) is 39.4. The second-order valence-electron chi connectivity index (χ2n) is 22.2. The quantitative estimate of drug-likeness (QED) is 0.0281. The van der Waals surface area contributed by atoms with E-state index in [1.165, 1.54) is 48.5 Å². The lowest BCUT2D eigenvalue weighted by molar-refractivity contribution is -0.142. The zero-order valence-corrected chi connectivity index (χ0v) is 52.8. The largest absolute Gasteiger partial charge is 0.506 e. The third kappa shape index (κ3) is 24.5. The van der Waals surface area contributed by atoms with Gasteiger partial charge in [-0.3, -0.25) is 43.2 Å². The number of hydrogen-bond donors (Lipinski definition) is 19. The number of unbranched alkanes of at least 4 members (excludes halogenated alkanes) is 5. The summed E-state index contributed by atoms with van der Waals surface area (Å²) in [5, 5.41) is 112. The van der Waals surface area contributed by atoms with Crippen LogP contribution >= 0.6 is 0 Å². The van der Waals surface area contributed by atoms with Gasteiger partial charge in [-0.1, -0.05) is 24.3 Å². The average molecular weight is 1360 g/mol. The highest BCUT2D eigenvalue weighted by Crippen LogP contribution is 2.26. The van der Waals surface area contributed by atoms with Gasteiger partial charge in [-0.2, -0.15) is 0 Å². The van der Waals surface area contributed by atoms with E-state index in [9.17, 15) is 113 Å². The molecule has 524 valence electrons. The Kier molecular flexibility index (Phi) is 31.7. The number of rotatable bonds is 42. The number of carbonyl (C=O) groups excluding carboxylic acids is 9. The molecule has 33 nitrogen and oxygen atoms in total. The molecule has 0 bridgehead atoms. The fourth-order valence-corrected chi connectivity index (χ4v) is 9.84. The molecule has 0 saturated heterocycles. The van der Waals surface area contributed by atoms with Gasteiger partial charge in [0, 0.05) is 33.1 Å². The van der Waals surface area contributed by atoms with Crippen LogP contribution in [0.15, 0.2) is 72.8 Å². The van der Waals surface area contributed by atoms with E-state index in [2.05, 4.69) is 47.9 Å². The summed E-state index contributed by atoms with van der Waals surface area (Å²) in [5.74, 6) is -18.4. The molecule has 0 fully saturated rings. The van der Waals surface area contributed by atoms with Crippen molar-refractivity contribution in [3.63, 3.8) is 0 Å². The summed E-state index contributed by atoms with van der Waals surface area (Å²) in [6.45, 7) is 0.880. The molecule has 5 atom stereocenters. The van der Waals surface area contributed by atoms with Crippen LogP contribution in [0.3, 0.4) is 0 Å². The van der Waals surface area contributed by atoms with Crippen molar-refractivity contribution >= 4 is 83.0 Å². The average Bonchev–Trinajstić information content (AvgIpc) is 0.918. The van der Waals surface area contributed by atoms with E-state index >= 15 is 0 Å². The summed E-state index contributed by atoms with van der Waals surface area (Å²) < 4.78 is 0. The fourth-order valence-electron chi connectivity index (χ4n) is 9.84. The van der Waals surface area contributed by atoms with Gasteiger partial charge in [0.1, 0.15) is 75.5 Å². The number of aliphatic carboxylic acids is 1. The van der Waals surface area contributed by atoms with Crippen LogP contribution in [0.5, 0.6) is 23.0 Å². The molecule has 0 aliphatic heterocycles. The number of nitrogens with one attached hydrogen (secondary N) is 9. The van der Waals surface area contributed by atoms with Gasteiger partial charge in [0.15, 0.2) is 0 Å². The molecule has 5 unspecified atom stereocenters. The van der Waals surface area contributed by atoms with Crippen molar-refractivity contribution in [2.24, 2.45) is 5.73 Å². The van der Waals surface area contributed by atoms with Crippen LogP contribution in [0.2, 0.25) is 0 Å². The molecule has 20 N–H and O–H groups in total. The molecule has 4 aromatic rings. The molecule has 0 heterocycles. The van der Waals surface area contributed by atoms with Crippen LogP contribution in [0, 0.1) is 0 Å². The van der Waals surface area contributed by atoms with Gasteiger partial charge in [0.05, 0.1) is 22.3 Å². The van der Waals surface area contributed by atoms with Gasteiger partial charge in [-0.25, -0.2) is 24.0 Å². The Morgan fingerprint density at radius 3 is 0.763 bits per heavy atom. The molecule has 97 heavy (non-hydrogen) atoms. The number of aromatic hydroxyl groups is 4. The molecule has 0 aromatic heterocycles. The highest BCUT2D eigenvalue weighted by Gasteiger charge is 2.33. The molecular weight excluding hydrogens is 1280 g/mol. The monoisotopic (exact) mass is 1360 g/mol. The third-order valence-electron chi connectivity index (χ3n) is 15.0. The minimum absolute atomic E-state index is 0.0223. The molecule has 9 amide bonds. The maximum atomic E-state index is 14.6. The lowest BCUT2D eigenvalue weighted by Crippen LogP contribution is -2.58. The minimum atomic E-state index is -1.60. The lowest BCUT2D eigenvalue weighted by atomic mass is 10.0. The van der Waals surface area contributed by atoms with Crippen molar-refractivity contribution in [3.8, 4) is 23.0 Å². The van der Waals surface area contributed by atoms with Crippen LogP contribution in [0.1, 0.15) is 186 Å². The molecule has 4 rings (SSSR count). The first-order valence-electron chi connectivity index (χ1n) is 30.8. The van der Waals surface area contributed by atoms with Crippen LogP contribution in [0.4, 0.5) is 0 Å². The first kappa shape index (κ1) is 78.1. The molecule has 0 spiro atoms. The van der Waals surface area contributed by atoms with Gasteiger partial charge in [0.2, 0.25) is 29.5 Å². The molecular formula is C64H80N10O23. The standard InChI is InChI=1S/C64H80N10O23/c1-34(75)70-43(25-3-8-30-66-52(80)35-16-12-20-39(48(35)76)60(88)89)56(84)71-45(26-4-9-31-67-53(81)36-17-13-21-40(49(36)77)61(90)91)58(86)72-44(24-2-7-29-65)57(85)73-46(27-5-10-32-68-54(82)37-18-14-22-41(50(37)78)62(92)93)59(87)74-47(64(96)97)28-6-11-33-69-55(83)38-19-15-23-42(51(38)79)63(94)95/h12-23,43-47,76-79H,2-11,24-33,65H2,1H3,(H,66,80)(H,67,81)(H,68,82)(H,69,83)(H,70,75)(H,71,84)(H,72,86)(H,73,85)(H,74,87)(H,88,89)(H,90,91)(H,92,93)(H,94,95)(H,96,97). The maximum absolute atomic E-state index is 14.6. The molecule has 4 aromatic carbocycles. The summed E-state index contributed by atoms with van der Waals surface area (Å²) in [6.07, 6.45) is 0.330. The summed E-state index contributed by atoms with van der Waals surface area (Å²) in [5.41, 5.74) is 2.35. The first-order valence-corrected chi connectivity index (χ1v) is 30.8. The Balaban J connectivity index is 1.57. The smallest absolute Gasteiger partial charge is 0.339 e. The Morgan fingerprint density at radius 2 is 0.536 bits per heavy atom. The number of nitrogens with two attached hydrogens (primary N) is 1. The van der Waals surface area contributed by atoms with Crippen molar-refractivity contribution in [1.82, 2.24) is 47.9 Å². The number of benzene rings is 4. The summed E-state index contributed by atoms with van der Waals surface area (Å²) in [7, 11) is 0. The predicted molar refractivity (Wildman–Crippen MR) is 341 cm³/mol. The second-order valence-corrected chi connectivity index (χ2v) is 22.2. The van der Waals surface area contributed by atoms with Crippen LogP contribution in [-0.4, -0.2) is 192 Å². The summed E-state index contributed by atoms with van der Waals surface area (Å²) in [4.78, 5) is 181. The van der Waals surface area contributed by atoms with Gasteiger partial charge < -0.3 is 99.5 Å². The van der Waals surface area contributed by atoms with Crippen LogP contribution in [0.25, 0.3) is 0 Å². The van der Waals surface area contributed by atoms with Crippen LogP contribution < -0.4 is 53.6 Å². The Labute approximate surface area is 554 Å². The van der Waals surface area contributed by atoms with E-state index < -0.39 is 158 Å². The van der Waals surface area contributed by atoms with Crippen molar-refractivity contribution in [2.45, 2.75) is 133 Å². The van der Waals surface area contributed by atoms with Gasteiger partial charge in [-0.05, 0) is 151 Å². The first-order chi connectivity index (χ1) is 46.1. The zero-order valence-electron chi connectivity index (χ0n) is 52.8. The molecule has 0 radical (unpaired) electrons. The number of hydrogen-bond acceptors (Lipinski definition) is 19. The van der Waals surface area contributed by atoms with E-state index in [4.69, 9.17) is 5.73 Å². The van der Waals surface area contributed by atoms with Gasteiger partial charge in [0.25, 0.3) is 23.6 Å². The van der Waals surface area contributed by atoms with Gasteiger partial charge in [-0.15, -0.1) is 0 Å². The maximum Gasteiger partial charge on any atom is 0.339 e. The van der Waals surface area contributed by atoms with E-state index in [0.29, 0.717) is 6.42 Å². The van der Waals surface area contributed by atoms with Gasteiger partial charge >= 0.3 is 29.8 Å².